The molecule has 0 aliphatic rings. The molecule has 1 N–H and O–H groups in total. The lowest BCUT2D eigenvalue weighted by molar-refractivity contribution is -0.117. The summed E-state index contributed by atoms with van der Waals surface area (Å²) in [4.78, 5) is 13.1. The maximum Gasteiger partial charge on any atom is 0.243 e. The first kappa shape index (κ1) is 13.2. The quantitative estimate of drug-likeness (QED) is 0.813. The molecule has 0 aromatic heterocycles. The van der Waals surface area contributed by atoms with Crippen molar-refractivity contribution in [2.75, 3.05) is 19.0 Å². The van der Waals surface area contributed by atoms with E-state index in [1.54, 1.807) is 6.07 Å². The molecular formula is C13H17FN2O. The minimum absolute atomic E-state index is 0.270. The average Bonchev–Trinajstić information content (AvgIpc) is 2.28. The third-order valence-corrected chi connectivity index (χ3v) is 2.48. The van der Waals surface area contributed by atoms with Crippen LogP contribution in [0.3, 0.4) is 0 Å². The van der Waals surface area contributed by atoms with Crippen LogP contribution in [0.5, 0.6) is 0 Å². The summed E-state index contributed by atoms with van der Waals surface area (Å²) in [5, 5.41) is 2.72. The number of rotatable bonds is 4. The molecule has 0 saturated carbocycles. The molecule has 1 atom stereocenters. The van der Waals surface area contributed by atoms with E-state index < -0.39 is 0 Å². The number of hydrogen-bond donors (Lipinski definition) is 1. The van der Waals surface area contributed by atoms with E-state index in [1.807, 2.05) is 25.9 Å². The van der Waals surface area contributed by atoms with Crippen LogP contribution in [-0.4, -0.2) is 20.0 Å². The fourth-order valence-corrected chi connectivity index (χ4v) is 1.63. The molecule has 3 nitrogen and oxygen atoms in total. The zero-order chi connectivity index (χ0) is 13.0. The van der Waals surface area contributed by atoms with Crippen LogP contribution in [0.25, 0.3) is 0 Å². The lowest BCUT2D eigenvalue weighted by Crippen LogP contribution is -2.26. The first-order valence-corrected chi connectivity index (χ1v) is 5.35. The van der Waals surface area contributed by atoms with Crippen LogP contribution in [0.2, 0.25) is 0 Å². The van der Waals surface area contributed by atoms with Crippen molar-refractivity contribution in [3.63, 3.8) is 0 Å². The topological polar surface area (TPSA) is 32.3 Å². The zero-order valence-electron chi connectivity index (χ0n) is 10.3. The normalized spacial score (nSPS) is 11.8. The second-order valence-corrected chi connectivity index (χ2v) is 4.03. The van der Waals surface area contributed by atoms with E-state index >= 15 is 0 Å². The largest absolute Gasteiger partial charge is 0.377 e. The SMILES string of the molecule is C=CC(=O)NC(C)c1cc(F)ccc1N(C)C. The molecule has 92 valence electrons. The summed E-state index contributed by atoms with van der Waals surface area (Å²) in [6, 6.07) is 4.26. The number of nitrogens with one attached hydrogen (secondary N) is 1. The van der Waals surface area contributed by atoms with Gasteiger partial charge in [0, 0.05) is 25.3 Å². The predicted octanol–water partition coefficient (Wildman–Crippen LogP) is 2.25. The van der Waals surface area contributed by atoms with Gasteiger partial charge in [0.05, 0.1) is 6.04 Å². The Morgan fingerprint density at radius 2 is 2.18 bits per heavy atom. The summed E-state index contributed by atoms with van der Waals surface area (Å²) >= 11 is 0. The van der Waals surface area contributed by atoms with Crippen molar-refractivity contribution < 1.29 is 9.18 Å². The second-order valence-electron chi connectivity index (χ2n) is 4.03. The number of amides is 1. The number of anilines is 1. The van der Waals surface area contributed by atoms with Crippen LogP contribution < -0.4 is 10.2 Å². The summed E-state index contributed by atoms with van der Waals surface area (Å²) in [7, 11) is 3.75. The summed E-state index contributed by atoms with van der Waals surface area (Å²) < 4.78 is 13.2. The van der Waals surface area contributed by atoms with Crippen LogP contribution in [0.1, 0.15) is 18.5 Å². The molecule has 0 spiro atoms. The first-order chi connectivity index (χ1) is 7.95. The van der Waals surface area contributed by atoms with Crippen LogP contribution in [0.4, 0.5) is 10.1 Å². The summed E-state index contributed by atoms with van der Waals surface area (Å²) in [5.41, 5.74) is 1.62. The maximum atomic E-state index is 13.2. The highest BCUT2D eigenvalue weighted by molar-refractivity contribution is 5.87. The van der Waals surface area contributed by atoms with Crippen molar-refractivity contribution in [1.82, 2.24) is 5.32 Å². The zero-order valence-corrected chi connectivity index (χ0v) is 10.3. The van der Waals surface area contributed by atoms with Gasteiger partial charge in [0.2, 0.25) is 5.91 Å². The Labute approximate surface area is 101 Å². The number of carbonyl (C=O) groups is 1. The van der Waals surface area contributed by atoms with E-state index in [9.17, 15) is 9.18 Å². The van der Waals surface area contributed by atoms with E-state index in [2.05, 4.69) is 11.9 Å². The van der Waals surface area contributed by atoms with E-state index in [1.165, 1.54) is 18.2 Å². The lowest BCUT2D eigenvalue weighted by Gasteiger charge is -2.22. The van der Waals surface area contributed by atoms with E-state index in [-0.39, 0.29) is 17.8 Å². The average molecular weight is 236 g/mol. The van der Waals surface area contributed by atoms with Crippen molar-refractivity contribution in [3.05, 3.63) is 42.2 Å². The Bertz CT molecular complexity index is 429. The van der Waals surface area contributed by atoms with Gasteiger partial charge in [-0.05, 0) is 31.2 Å². The molecule has 1 amide bonds. The van der Waals surface area contributed by atoms with Gasteiger partial charge in [-0.2, -0.15) is 0 Å². The fraction of sp³-hybridized carbons (Fsp3) is 0.308. The van der Waals surface area contributed by atoms with Gasteiger partial charge < -0.3 is 10.2 Å². The highest BCUT2D eigenvalue weighted by Crippen LogP contribution is 2.25. The number of nitrogens with zero attached hydrogens (tertiary/aromatic N) is 1. The maximum absolute atomic E-state index is 13.2. The van der Waals surface area contributed by atoms with Gasteiger partial charge in [0.15, 0.2) is 0 Å². The number of benzene rings is 1. The third-order valence-electron chi connectivity index (χ3n) is 2.48. The van der Waals surface area contributed by atoms with Crippen molar-refractivity contribution in [2.24, 2.45) is 0 Å². The van der Waals surface area contributed by atoms with Gasteiger partial charge in [-0.25, -0.2) is 4.39 Å². The molecule has 0 saturated heterocycles. The van der Waals surface area contributed by atoms with E-state index in [0.29, 0.717) is 0 Å². The third kappa shape index (κ3) is 3.31. The Kier molecular flexibility index (Phi) is 4.26. The standard InChI is InChI=1S/C13H17FN2O/c1-5-13(17)15-9(2)11-8-10(14)6-7-12(11)16(3)4/h5-9H,1H2,2-4H3,(H,15,17). The Morgan fingerprint density at radius 3 is 2.71 bits per heavy atom. The predicted molar refractivity (Wildman–Crippen MR) is 67.5 cm³/mol. The minimum Gasteiger partial charge on any atom is -0.377 e. The molecular weight excluding hydrogens is 219 g/mol. The fourth-order valence-electron chi connectivity index (χ4n) is 1.63. The molecule has 1 aromatic carbocycles. The van der Waals surface area contributed by atoms with Crippen LogP contribution >= 0.6 is 0 Å². The lowest BCUT2D eigenvalue weighted by atomic mass is 10.1. The second kappa shape index (κ2) is 5.48. The van der Waals surface area contributed by atoms with E-state index in [0.717, 1.165) is 11.3 Å². The molecule has 1 aromatic rings. The van der Waals surface area contributed by atoms with Crippen molar-refractivity contribution >= 4 is 11.6 Å². The highest BCUT2D eigenvalue weighted by Gasteiger charge is 2.14. The van der Waals surface area contributed by atoms with Crippen molar-refractivity contribution in [3.8, 4) is 0 Å². The van der Waals surface area contributed by atoms with Crippen LogP contribution in [0, 0.1) is 5.82 Å². The molecule has 0 bridgehead atoms. The minimum atomic E-state index is -0.315. The summed E-state index contributed by atoms with van der Waals surface area (Å²) in [6.07, 6.45) is 1.20. The molecule has 4 heteroatoms. The molecule has 0 aliphatic carbocycles. The van der Waals surface area contributed by atoms with E-state index in [4.69, 9.17) is 0 Å². The van der Waals surface area contributed by atoms with Gasteiger partial charge >= 0.3 is 0 Å². The van der Waals surface area contributed by atoms with Gasteiger partial charge in [0.25, 0.3) is 0 Å². The first-order valence-electron chi connectivity index (χ1n) is 5.35. The number of carbonyl (C=O) groups excluding carboxylic acids is 1. The molecule has 1 rings (SSSR count). The Morgan fingerprint density at radius 1 is 1.53 bits per heavy atom. The monoisotopic (exact) mass is 236 g/mol. The number of hydrogen-bond acceptors (Lipinski definition) is 2. The van der Waals surface area contributed by atoms with Gasteiger partial charge in [-0.15, -0.1) is 0 Å². The molecule has 0 radical (unpaired) electrons. The van der Waals surface area contributed by atoms with Gasteiger partial charge in [-0.1, -0.05) is 6.58 Å². The molecule has 1 unspecified atom stereocenters. The van der Waals surface area contributed by atoms with Gasteiger partial charge in [-0.3, -0.25) is 4.79 Å². The highest BCUT2D eigenvalue weighted by atomic mass is 19.1. The smallest absolute Gasteiger partial charge is 0.243 e. The Hall–Kier alpha value is -1.84. The van der Waals surface area contributed by atoms with Gasteiger partial charge in [0.1, 0.15) is 5.82 Å². The summed E-state index contributed by atoms with van der Waals surface area (Å²) in [6.45, 7) is 5.19. The van der Waals surface area contributed by atoms with Crippen LogP contribution in [-0.2, 0) is 4.79 Å². The number of halogens is 1. The summed E-state index contributed by atoms with van der Waals surface area (Å²) in [5.74, 6) is -0.586. The van der Waals surface area contributed by atoms with Crippen LogP contribution in [0.15, 0.2) is 30.9 Å². The Balaban J connectivity index is 3.05. The molecule has 0 aliphatic heterocycles. The molecule has 0 fully saturated rings. The molecule has 0 heterocycles. The van der Waals surface area contributed by atoms with Crippen molar-refractivity contribution in [1.29, 1.82) is 0 Å². The van der Waals surface area contributed by atoms with Crippen molar-refractivity contribution in [2.45, 2.75) is 13.0 Å². The molecule has 17 heavy (non-hydrogen) atoms.